The number of ketones is 1. The van der Waals surface area contributed by atoms with E-state index in [1.54, 1.807) is 6.07 Å². The number of hydrogen-bond acceptors (Lipinski definition) is 3. The summed E-state index contributed by atoms with van der Waals surface area (Å²) in [7, 11) is 0. The van der Waals surface area contributed by atoms with Crippen LogP contribution in [0.25, 0.3) is 0 Å². The first-order valence-electron chi connectivity index (χ1n) is 4.75. The Bertz CT molecular complexity index is 446. The van der Waals surface area contributed by atoms with Gasteiger partial charge in [-0.3, -0.25) is 4.79 Å². The molecular weight excluding hydrogens is 298 g/mol. The van der Waals surface area contributed by atoms with Crippen molar-refractivity contribution in [3.63, 3.8) is 0 Å². The Morgan fingerprint density at radius 1 is 1.35 bits per heavy atom. The molecule has 0 unspecified atom stereocenters. The van der Waals surface area contributed by atoms with Crippen molar-refractivity contribution < 1.29 is 23.1 Å². The fourth-order valence-corrected chi connectivity index (χ4v) is 1.59. The van der Waals surface area contributed by atoms with Gasteiger partial charge in [0, 0.05) is 10.0 Å². The molecule has 3 nitrogen and oxygen atoms in total. The Balaban J connectivity index is 3.05. The molecule has 0 saturated heterocycles. The zero-order valence-electron chi connectivity index (χ0n) is 8.88. The minimum Gasteiger partial charge on any atom is -0.461 e. The average Bonchev–Trinajstić information content (AvgIpc) is 2.29. The first-order chi connectivity index (χ1) is 7.91. The number of esters is 1. The van der Waals surface area contributed by atoms with Crippen molar-refractivity contribution in [3.8, 4) is 0 Å². The third kappa shape index (κ3) is 2.88. The Labute approximate surface area is 105 Å². The van der Waals surface area contributed by atoms with Gasteiger partial charge in [0.2, 0.25) is 5.78 Å². The van der Waals surface area contributed by atoms with Gasteiger partial charge >= 0.3 is 11.9 Å². The lowest BCUT2D eigenvalue weighted by Gasteiger charge is -2.13. The number of carbonyl (C=O) groups excluding carboxylic acids is 2. The minimum atomic E-state index is -4.17. The van der Waals surface area contributed by atoms with Gasteiger partial charge in [0.1, 0.15) is 0 Å². The normalized spacial score (nSPS) is 11.1. The Kier molecular flexibility index (Phi) is 4.34. The van der Waals surface area contributed by atoms with E-state index in [9.17, 15) is 18.4 Å². The predicted octanol–water partition coefficient (Wildman–Crippen LogP) is 2.83. The van der Waals surface area contributed by atoms with Crippen molar-refractivity contribution in [3.05, 3.63) is 34.3 Å². The lowest BCUT2D eigenvalue weighted by Crippen LogP contribution is -2.39. The van der Waals surface area contributed by atoms with E-state index in [1.165, 1.54) is 25.1 Å². The molecule has 0 radical (unpaired) electrons. The largest absolute Gasteiger partial charge is 0.461 e. The van der Waals surface area contributed by atoms with Crippen molar-refractivity contribution in [2.24, 2.45) is 0 Å². The van der Waals surface area contributed by atoms with Gasteiger partial charge < -0.3 is 4.74 Å². The fraction of sp³-hybridized carbons (Fsp3) is 0.273. The highest BCUT2D eigenvalue weighted by Crippen LogP contribution is 2.26. The molecule has 0 fully saturated rings. The maximum atomic E-state index is 13.4. The lowest BCUT2D eigenvalue weighted by molar-refractivity contribution is -0.164. The maximum absolute atomic E-state index is 13.4. The van der Waals surface area contributed by atoms with Crippen molar-refractivity contribution in [1.82, 2.24) is 0 Å². The zero-order chi connectivity index (χ0) is 13.1. The van der Waals surface area contributed by atoms with E-state index in [2.05, 4.69) is 20.7 Å². The summed E-state index contributed by atoms with van der Waals surface area (Å²) in [6.45, 7) is 1.18. The molecule has 0 amide bonds. The smallest absolute Gasteiger partial charge is 0.404 e. The first kappa shape index (κ1) is 13.8. The first-order valence-corrected chi connectivity index (χ1v) is 5.55. The Morgan fingerprint density at radius 2 is 1.94 bits per heavy atom. The summed E-state index contributed by atoms with van der Waals surface area (Å²) in [5.74, 6) is -7.58. The molecule has 0 aromatic heterocycles. The van der Waals surface area contributed by atoms with Gasteiger partial charge in [-0.2, -0.15) is 8.78 Å². The van der Waals surface area contributed by atoms with Crippen molar-refractivity contribution in [1.29, 1.82) is 0 Å². The Morgan fingerprint density at radius 3 is 2.47 bits per heavy atom. The van der Waals surface area contributed by atoms with Gasteiger partial charge in [-0.05, 0) is 13.0 Å². The summed E-state index contributed by atoms with van der Waals surface area (Å²) in [5.41, 5.74) is -0.259. The van der Waals surface area contributed by atoms with Gasteiger partial charge in [-0.15, -0.1) is 0 Å². The van der Waals surface area contributed by atoms with E-state index in [0.29, 0.717) is 0 Å². The molecule has 0 aliphatic rings. The highest BCUT2D eigenvalue weighted by molar-refractivity contribution is 9.10. The predicted molar refractivity (Wildman–Crippen MR) is 60.1 cm³/mol. The zero-order valence-corrected chi connectivity index (χ0v) is 10.5. The second kappa shape index (κ2) is 5.35. The number of ether oxygens (including phenoxy) is 1. The summed E-state index contributed by atoms with van der Waals surface area (Å²) in [5, 5.41) is 0. The molecule has 1 aromatic carbocycles. The third-order valence-electron chi connectivity index (χ3n) is 1.94. The maximum Gasteiger partial charge on any atom is 0.404 e. The van der Waals surface area contributed by atoms with Crippen LogP contribution in [0, 0.1) is 0 Å². The SMILES string of the molecule is CCOC(=O)C(F)(F)C(=O)c1ccccc1Br. The van der Waals surface area contributed by atoms with Crippen LogP contribution in [0.2, 0.25) is 0 Å². The van der Waals surface area contributed by atoms with Gasteiger partial charge in [-0.25, -0.2) is 4.79 Å². The van der Waals surface area contributed by atoms with E-state index in [4.69, 9.17) is 0 Å². The van der Waals surface area contributed by atoms with E-state index < -0.39 is 17.7 Å². The Hall–Kier alpha value is -1.30. The number of rotatable bonds is 4. The summed E-state index contributed by atoms with van der Waals surface area (Å²) in [4.78, 5) is 22.5. The molecule has 6 heteroatoms. The number of Topliss-reactive ketones (excluding diaryl/α,β-unsaturated/α-hetero) is 1. The summed E-state index contributed by atoms with van der Waals surface area (Å²) in [6.07, 6.45) is 0. The molecule has 17 heavy (non-hydrogen) atoms. The van der Waals surface area contributed by atoms with E-state index >= 15 is 0 Å². The molecule has 0 saturated carbocycles. The highest BCUT2D eigenvalue weighted by Gasteiger charge is 2.49. The minimum absolute atomic E-state index is 0.203. The standard InChI is InChI=1S/C11H9BrF2O3/c1-2-17-10(16)11(13,14)9(15)7-5-3-4-6-8(7)12/h3-6H,2H2,1H3. The molecule has 0 heterocycles. The number of carbonyl (C=O) groups is 2. The highest BCUT2D eigenvalue weighted by atomic mass is 79.9. The molecule has 1 rings (SSSR count). The van der Waals surface area contributed by atoms with Crippen LogP contribution in [-0.4, -0.2) is 24.3 Å². The summed E-state index contributed by atoms with van der Waals surface area (Å²) < 4.78 is 31.2. The number of halogens is 3. The molecule has 0 bridgehead atoms. The van der Waals surface area contributed by atoms with Gasteiger partial charge in [0.05, 0.1) is 6.61 Å². The number of alkyl halides is 2. The fourth-order valence-electron chi connectivity index (χ4n) is 1.13. The van der Waals surface area contributed by atoms with Crippen LogP contribution in [0.5, 0.6) is 0 Å². The quantitative estimate of drug-likeness (QED) is 0.488. The van der Waals surface area contributed by atoms with Crippen molar-refractivity contribution >= 4 is 27.7 Å². The van der Waals surface area contributed by atoms with Crippen LogP contribution in [-0.2, 0) is 9.53 Å². The van der Waals surface area contributed by atoms with Crippen LogP contribution in [0.3, 0.4) is 0 Å². The van der Waals surface area contributed by atoms with Gasteiger partial charge in [0.25, 0.3) is 0 Å². The van der Waals surface area contributed by atoms with Crippen LogP contribution >= 0.6 is 15.9 Å². The van der Waals surface area contributed by atoms with Crippen LogP contribution < -0.4 is 0 Å². The summed E-state index contributed by atoms with van der Waals surface area (Å²) in [6, 6.07) is 5.65. The molecule has 92 valence electrons. The number of benzene rings is 1. The van der Waals surface area contributed by atoms with E-state index in [0.717, 1.165) is 0 Å². The second-order valence-electron chi connectivity index (χ2n) is 3.10. The second-order valence-corrected chi connectivity index (χ2v) is 3.96. The van der Waals surface area contributed by atoms with Gasteiger partial charge in [0.15, 0.2) is 0 Å². The molecule has 0 aliphatic heterocycles. The van der Waals surface area contributed by atoms with E-state index in [-0.39, 0.29) is 16.6 Å². The van der Waals surface area contributed by atoms with Crippen LogP contribution in [0.1, 0.15) is 17.3 Å². The molecule has 1 aromatic rings. The van der Waals surface area contributed by atoms with Crippen molar-refractivity contribution in [2.75, 3.05) is 6.61 Å². The monoisotopic (exact) mass is 306 g/mol. The molecular formula is C11H9BrF2O3. The average molecular weight is 307 g/mol. The van der Waals surface area contributed by atoms with Crippen molar-refractivity contribution in [2.45, 2.75) is 12.8 Å². The summed E-state index contributed by atoms with van der Waals surface area (Å²) >= 11 is 2.97. The topological polar surface area (TPSA) is 43.4 Å². The van der Waals surface area contributed by atoms with Gasteiger partial charge in [-0.1, -0.05) is 34.1 Å². The van der Waals surface area contributed by atoms with E-state index in [1.807, 2.05) is 0 Å². The third-order valence-corrected chi connectivity index (χ3v) is 2.63. The lowest BCUT2D eigenvalue weighted by atomic mass is 10.1. The molecule has 0 atom stereocenters. The number of hydrogen-bond donors (Lipinski definition) is 0. The molecule has 0 N–H and O–H groups in total. The molecule has 0 spiro atoms. The van der Waals surface area contributed by atoms with Crippen LogP contribution in [0.15, 0.2) is 28.7 Å². The van der Waals surface area contributed by atoms with Crippen LogP contribution in [0.4, 0.5) is 8.78 Å². The molecule has 0 aliphatic carbocycles.